The molecule has 0 aromatic heterocycles. The Kier molecular flexibility index (Phi) is 6.96. The van der Waals surface area contributed by atoms with Gasteiger partial charge in [0.05, 0.1) is 11.3 Å². The maximum atomic E-state index is 11.4. The van der Waals surface area contributed by atoms with Gasteiger partial charge in [0.1, 0.15) is 0 Å². The van der Waals surface area contributed by atoms with E-state index in [1.54, 1.807) is 20.8 Å². The first kappa shape index (κ1) is 20.2. The molecule has 134 valence electrons. The zero-order valence-electron chi connectivity index (χ0n) is 15.0. The van der Waals surface area contributed by atoms with Crippen molar-refractivity contribution in [3.8, 4) is 0 Å². The Balaban J connectivity index is 3.11. The fraction of sp³-hybridized carbons (Fsp3) is 0.579. The number of carboxylic acids is 2. The van der Waals surface area contributed by atoms with E-state index in [1.807, 2.05) is 19.1 Å². The zero-order valence-corrected chi connectivity index (χ0v) is 15.0. The smallest absolute Gasteiger partial charge is 0.309 e. The first-order valence-corrected chi connectivity index (χ1v) is 8.35. The van der Waals surface area contributed by atoms with Crippen LogP contribution in [0.2, 0.25) is 0 Å². The molecule has 2 atom stereocenters. The number of hydrogen-bond acceptors (Lipinski definition) is 3. The summed E-state index contributed by atoms with van der Waals surface area (Å²) in [6.45, 7) is 7.65. The predicted molar refractivity (Wildman–Crippen MR) is 94.2 cm³/mol. The molecular weight excluding hydrogens is 306 g/mol. The average molecular weight is 335 g/mol. The van der Waals surface area contributed by atoms with Crippen molar-refractivity contribution in [3.05, 3.63) is 34.9 Å². The van der Waals surface area contributed by atoms with E-state index in [4.69, 9.17) is 10.8 Å². The van der Waals surface area contributed by atoms with E-state index >= 15 is 0 Å². The molecule has 1 aromatic rings. The van der Waals surface area contributed by atoms with E-state index in [9.17, 15) is 14.7 Å². The average Bonchev–Trinajstić information content (AvgIpc) is 2.46. The summed E-state index contributed by atoms with van der Waals surface area (Å²) in [5.41, 5.74) is 7.88. The number of nitrogens with two attached hydrogens (primary N) is 1. The lowest BCUT2D eigenvalue weighted by molar-refractivity contribution is -0.147. The molecule has 2 unspecified atom stereocenters. The van der Waals surface area contributed by atoms with Crippen molar-refractivity contribution in [2.75, 3.05) is 6.54 Å². The van der Waals surface area contributed by atoms with Crippen LogP contribution in [0.15, 0.2) is 18.2 Å². The molecule has 0 aliphatic carbocycles. The van der Waals surface area contributed by atoms with Crippen molar-refractivity contribution in [3.63, 3.8) is 0 Å². The highest BCUT2D eigenvalue weighted by Crippen LogP contribution is 2.29. The predicted octanol–water partition coefficient (Wildman–Crippen LogP) is 3.06. The van der Waals surface area contributed by atoms with Gasteiger partial charge in [0, 0.05) is 0 Å². The molecular formula is C19H29NO4. The van der Waals surface area contributed by atoms with E-state index in [2.05, 4.69) is 6.07 Å². The van der Waals surface area contributed by atoms with Crippen LogP contribution in [-0.2, 0) is 22.4 Å². The van der Waals surface area contributed by atoms with Crippen LogP contribution in [0.3, 0.4) is 0 Å². The third-order valence-electron chi connectivity index (χ3n) is 4.43. The van der Waals surface area contributed by atoms with Crippen molar-refractivity contribution < 1.29 is 19.8 Å². The zero-order chi connectivity index (χ0) is 18.5. The molecule has 24 heavy (non-hydrogen) atoms. The monoisotopic (exact) mass is 335 g/mol. The number of rotatable bonds is 9. The summed E-state index contributed by atoms with van der Waals surface area (Å²) in [5.74, 6) is -1.97. The Bertz CT molecular complexity index is 595. The fourth-order valence-electron chi connectivity index (χ4n) is 2.84. The Morgan fingerprint density at radius 1 is 1.12 bits per heavy atom. The highest BCUT2D eigenvalue weighted by molar-refractivity contribution is 5.74. The van der Waals surface area contributed by atoms with Crippen LogP contribution < -0.4 is 5.73 Å². The molecule has 0 bridgehead atoms. The van der Waals surface area contributed by atoms with Gasteiger partial charge in [-0.25, -0.2) is 0 Å². The highest BCUT2D eigenvalue weighted by atomic mass is 16.4. The van der Waals surface area contributed by atoms with Crippen molar-refractivity contribution >= 4 is 11.9 Å². The number of carboxylic acid groups (broad SMARTS) is 2. The van der Waals surface area contributed by atoms with Gasteiger partial charge in [0.25, 0.3) is 0 Å². The second kappa shape index (κ2) is 8.29. The van der Waals surface area contributed by atoms with Gasteiger partial charge < -0.3 is 15.9 Å². The molecule has 5 heteroatoms. The van der Waals surface area contributed by atoms with E-state index in [1.165, 1.54) is 0 Å². The molecule has 0 amide bonds. The molecule has 0 heterocycles. The minimum Gasteiger partial charge on any atom is -0.481 e. The molecule has 1 aromatic carbocycles. The summed E-state index contributed by atoms with van der Waals surface area (Å²) in [7, 11) is 0. The van der Waals surface area contributed by atoms with E-state index < -0.39 is 23.3 Å². The molecule has 0 spiro atoms. The topological polar surface area (TPSA) is 101 Å². The van der Waals surface area contributed by atoms with Crippen LogP contribution in [0.1, 0.15) is 56.7 Å². The maximum Gasteiger partial charge on any atom is 0.309 e. The van der Waals surface area contributed by atoms with E-state index in [0.717, 1.165) is 23.1 Å². The van der Waals surface area contributed by atoms with E-state index in [-0.39, 0.29) is 5.92 Å². The van der Waals surface area contributed by atoms with Gasteiger partial charge in [-0.3, -0.25) is 9.59 Å². The minimum absolute atomic E-state index is 0.0838. The van der Waals surface area contributed by atoms with Gasteiger partial charge >= 0.3 is 11.9 Å². The normalized spacial score (nSPS) is 14.2. The summed E-state index contributed by atoms with van der Waals surface area (Å²) in [5, 5.41) is 18.5. The Morgan fingerprint density at radius 3 is 2.21 bits per heavy atom. The standard InChI is InChI=1S/C19H29NO4/c1-12(7-13(2)17(21)22)16-9-14(5-6-20)8-15(10-16)11-19(3,4)18(23)24/h8-10,12-13H,5-7,11,20H2,1-4H3,(H,21,22)(H,23,24). The minimum atomic E-state index is -0.851. The summed E-state index contributed by atoms with van der Waals surface area (Å²) in [4.78, 5) is 22.5. The molecule has 0 fully saturated rings. The fourth-order valence-corrected chi connectivity index (χ4v) is 2.84. The SMILES string of the molecule is CC(CC(C)c1cc(CCN)cc(CC(C)(C)C(=O)O)c1)C(=O)O. The lowest BCUT2D eigenvalue weighted by atomic mass is 9.83. The van der Waals surface area contributed by atoms with Crippen LogP contribution >= 0.6 is 0 Å². The molecule has 1 rings (SSSR count). The number of hydrogen-bond donors (Lipinski definition) is 3. The lowest BCUT2D eigenvalue weighted by Gasteiger charge is -2.22. The van der Waals surface area contributed by atoms with Gasteiger partial charge in [-0.05, 0) is 62.3 Å². The van der Waals surface area contributed by atoms with Crippen molar-refractivity contribution in [2.24, 2.45) is 17.1 Å². The van der Waals surface area contributed by atoms with Gasteiger partial charge in [-0.2, -0.15) is 0 Å². The Morgan fingerprint density at radius 2 is 1.71 bits per heavy atom. The third-order valence-corrected chi connectivity index (χ3v) is 4.43. The van der Waals surface area contributed by atoms with Gasteiger partial charge in [0.2, 0.25) is 0 Å². The molecule has 0 saturated carbocycles. The summed E-state index contributed by atoms with van der Waals surface area (Å²) < 4.78 is 0. The van der Waals surface area contributed by atoms with Crippen LogP contribution in [-0.4, -0.2) is 28.7 Å². The Hall–Kier alpha value is -1.88. The maximum absolute atomic E-state index is 11.4. The largest absolute Gasteiger partial charge is 0.481 e. The second-order valence-corrected chi connectivity index (χ2v) is 7.36. The van der Waals surface area contributed by atoms with Gasteiger partial charge in [-0.15, -0.1) is 0 Å². The van der Waals surface area contributed by atoms with Crippen LogP contribution in [0.25, 0.3) is 0 Å². The molecule has 0 aliphatic rings. The van der Waals surface area contributed by atoms with Crippen LogP contribution in [0.5, 0.6) is 0 Å². The summed E-state index contributed by atoms with van der Waals surface area (Å²) in [6.07, 6.45) is 1.69. The third kappa shape index (κ3) is 5.64. The number of aliphatic carboxylic acids is 2. The first-order chi connectivity index (χ1) is 11.1. The van der Waals surface area contributed by atoms with Crippen molar-refractivity contribution in [2.45, 2.75) is 52.9 Å². The molecule has 0 aliphatic heterocycles. The molecule has 4 N–H and O–H groups in total. The number of benzene rings is 1. The van der Waals surface area contributed by atoms with Gasteiger partial charge in [0.15, 0.2) is 0 Å². The molecule has 5 nitrogen and oxygen atoms in total. The lowest BCUT2D eigenvalue weighted by Crippen LogP contribution is -2.26. The first-order valence-electron chi connectivity index (χ1n) is 8.35. The summed E-state index contributed by atoms with van der Waals surface area (Å²) >= 11 is 0. The number of carbonyl (C=O) groups is 2. The van der Waals surface area contributed by atoms with Crippen LogP contribution in [0, 0.1) is 11.3 Å². The van der Waals surface area contributed by atoms with Crippen molar-refractivity contribution in [1.82, 2.24) is 0 Å². The Labute approximate surface area is 143 Å². The summed E-state index contributed by atoms with van der Waals surface area (Å²) in [6, 6.07) is 6.07. The quantitative estimate of drug-likeness (QED) is 0.644. The van der Waals surface area contributed by atoms with E-state index in [0.29, 0.717) is 19.4 Å². The molecule has 0 saturated heterocycles. The highest BCUT2D eigenvalue weighted by Gasteiger charge is 2.28. The molecule has 0 radical (unpaired) electrons. The van der Waals surface area contributed by atoms with Crippen molar-refractivity contribution in [1.29, 1.82) is 0 Å². The second-order valence-electron chi connectivity index (χ2n) is 7.36. The van der Waals surface area contributed by atoms with Gasteiger partial charge in [-0.1, -0.05) is 32.0 Å². The van der Waals surface area contributed by atoms with Crippen LogP contribution in [0.4, 0.5) is 0 Å².